The molecule has 2 bridgehead atoms. The van der Waals surface area contributed by atoms with Crippen LogP contribution in [0.1, 0.15) is 25.7 Å². The van der Waals surface area contributed by atoms with Gasteiger partial charge in [-0.2, -0.15) is 9.97 Å². The quantitative estimate of drug-likeness (QED) is 0.254. The lowest BCUT2D eigenvalue weighted by atomic mass is 9.95. The fraction of sp³-hybridized carbons (Fsp3) is 0.455. The number of piperazine rings is 1. The molecule has 3 heterocycles. The van der Waals surface area contributed by atoms with Gasteiger partial charge >= 0.3 is 6.01 Å². The first-order chi connectivity index (χ1) is 20.7. The molecule has 1 aliphatic carbocycles. The number of hydrogen-bond acceptors (Lipinski definition) is 8. The lowest BCUT2D eigenvalue weighted by molar-refractivity contribution is 0.114. The molecule has 2 saturated heterocycles. The number of phenolic OH excluding ortho intramolecular Hbond substituents is 1. The lowest BCUT2D eigenvalue weighted by Gasteiger charge is -2.42. The van der Waals surface area contributed by atoms with Crippen LogP contribution in [-0.2, 0) is 4.74 Å². The van der Waals surface area contributed by atoms with Gasteiger partial charge in [-0.3, -0.25) is 0 Å². The van der Waals surface area contributed by atoms with Gasteiger partial charge in [-0.1, -0.05) is 35.9 Å². The van der Waals surface area contributed by atoms with Crippen molar-refractivity contribution in [1.82, 2.24) is 20.2 Å². The standard InChI is InChI=1S/C33H37ClFN5O3/c1-39(2)16-32(10-11-32)18-43-31-36-29-25(30(37-31)40-15-21-8-9-33(17-40,38-21)19-42-3)14-26(34)27(28(29)35)24-13-22(41)12-20-6-4-5-7-23(20)24/h4-7,12-14,21,38,41H,8-11,15-19H2,1-3H3. The number of aromatic nitrogens is 2. The first-order valence-electron chi connectivity index (χ1n) is 14.9. The van der Waals surface area contributed by atoms with Gasteiger partial charge in [-0.15, -0.1) is 0 Å². The van der Waals surface area contributed by atoms with Crippen LogP contribution in [0.15, 0.2) is 42.5 Å². The van der Waals surface area contributed by atoms with Gasteiger partial charge in [0, 0.05) is 49.2 Å². The van der Waals surface area contributed by atoms with E-state index in [1.54, 1.807) is 25.3 Å². The second-order valence-electron chi connectivity index (χ2n) is 13.0. The average molecular weight is 606 g/mol. The van der Waals surface area contributed by atoms with E-state index < -0.39 is 5.82 Å². The largest absolute Gasteiger partial charge is 0.508 e. The smallest absolute Gasteiger partial charge is 0.319 e. The summed E-state index contributed by atoms with van der Waals surface area (Å²) in [7, 11) is 5.84. The number of nitrogens with one attached hydrogen (secondary N) is 1. The molecule has 4 aromatic rings. The van der Waals surface area contributed by atoms with Gasteiger partial charge in [0.2, 0.25) is 0 Å². The highest BCUT2D eigenvalue weighted by atomic mass is 35.5. The van der Waals surface area contributed by atoms with Gasteiger partial charge in [0.15, 0.2) is 5.82 Å². The third-order valence-corrected chi connectivity index (χ3v) is 9.51. The van der Waals surface area contributed by atoms with Crippen LogP contribution in [0.2, 0.25) is 5.02 Å². The summed E-state index contributed by atoms with van der Waals surface area (Å²) in [4.78, 5) is 14.0. The number of aromatic hydroxyl groups is 1. The Morgan fingerprint density at radius 2 is 1.93 bits per heavy atom. The van der Waals surface area contributed by atoms with E-state index in [4.69, 9.17) is 26.1 Å². The molecule has 3 aromatic carbocycles. The van der Waals surface area contributed by atoms with E-state index in [2.05, 4.69) is 34.2 Å². The Morgan fingerprint density at radius 1 is 1.12 bits per heavy atom. The maximum atomic E-state index is 16.9. The Labute approximate surface area is 255 Å². The number of benzene rings is 3. The van der Waals surface area contributed by atoms with Crippen molar-refractivity contribution in [3.8, 4) is 22.9 Å². The second kappa shape index (κ2) is 10.7. The molecule has 0 amide bonds. The molecular formula is C33H37ClFN5O3. The average Bonchev–Trinajstić information content (AvgIpc) is 3.66. The van der Waals surface area contributed by atoms with Crippen LogP contribution in [0.25, 0.3) is 32.8 Å². The van der Waals surface area contributed by atoms with Crippen LogP contribution < -0.4 is 15.0 Å². The first-order valence-corrected chi connectivity index (χ1v) is 15.3. The number of methoxy groups -OCH3 is 1. The van der Waals surface area contributed by atoms with E-state index in [-0.39, 0.29) is 44.9 Å². The molecule has 2 aliphatic heterocycles. The number of anilines is 1. The number of halogens is 2. The molecule has 2 unspecified atom stereocenters. The van der Waals surface area contributed by atoms with Crippen molar-refractivity contribution in [2.75, 3.05) is 59.0 Å². The fourth-order valence-corrected chi connectivity index (χ4v) is 7.50. The van der Waals surface area contributed by atoms with Crippen molar-refractivity contribution in [3.63, 3.8) is 0 Å². The number of nitrogens with zero attached hydrogens (tertiary/aromatic N) is 4. The van der Waals surface area contributed by atoms with Gasteiger partial charge in [-0.05, 0) is 74.3 Å². The highest BCUT2D eigenvalue weighted by Gasteiger charge is 2.46. The molecule has 0 radical (unpaired) electrons. The molecule has 43 heavy (non-hydrogen) atoms. The van der Waals surface area contributed by atoms with Crippen molar-refractivity contribution in [1.29, 1.82) is 0 Å². The maximum Gasteiger partial charge on any atom is 0.319 e. The van der Waals surface area contributed by atoms with Crippen molar-refractivity contribution >= 4 is 39.1 Å². The van der Waals surface area contributed by atoms with Crippen molar-refractivity contribution in [3.05, 3.63) is 53.3 Å². The minimum absolute atomic E-state index is 0.0343. The van der Waals surface area contributed by atoms with Crippen LogP contribution in [0.4, 0.5) is 10.2 Å². The van der Waals surface area contributed by atoms with Crippen LogP contribution >= 0.6 is 11.6 Å². The Kier molecular flexibility index (Phi) is 7.12. The zero-order valence-electron chi connectivity index (χ0n) is 24.8. The molecular weight excluding hydrogens is 569 g/mol. The molecule has 226 valence electrons. The van der Waals surface area contributed by atoms with Crippen LogP contribution in [0.3, 0.4) is 0 Å². The fourth-order valence-electron chi connectivity index (χ4n) is 7.21. The van der Waals surface area contributed by atoms with Gasteiger partial charge in [0.25, 0.3) is 0 Å². The van der Waals surface area contributed by atoms with Gasteiger partial charge in [-0.25, -0.2) is 4.39 Å². The SMILES string of the molecule is COCC12CCC(CN(c3nc(OCC4(CN(C)C)CC4)nc4c(F)c(-c5cc(O)cc6ccccc56)c(Cl)cc34)C1)N2. The minimum Gasteiger partial charge on any atom is -0.508 e. The normalized spacial score (nSPS) is 22.6. The van der Waals surface area contributed by atoms with E-state index in [1.807, 2.05) is 24.3 Å². The van der Waals surface area contributed by atoms with Crippen LogP contribution in [-0.4, -0.2) is 85.6 Å². The monoisotopic (exact) mass is 605 g/mol. The summed E-state index contributed by atoms with van der Waals surface area (Å²) in [6.45, 7) is 3.33. The molecule has 7 rings (SSSR count). The Balaban J connectivity index is 1.38. The lowest BCUT2D eigenvalue weighted by Crippen LogP contribution is -2.61. The van der Waals surface area contributed by atoms with E-state index in [1.165, 1.54) is 0 Å². The van der Waals surface area contributed by atoms with E-state index in [0.717, 1.165) is 49.5 Å². The maximum absolute atomic E-state index is 16.9. The molecule has 0 spiro atoms. The number of fused-ring (bicyclic) bond motifs is 4. The third kappa shape index (κ3) is 5.26. The zero-order valence-corrected chi connectivity index (χ0v) is 25.5. The Morgan fingerprint density at radius 3 is 2.70 bits per heavy atom. The highest BCUT2D eigenvalue weighted by Crippen LogP contribution is 2.47. The zero-order chi connectivity index (χ0) is 29.9. The predicted octanol–water partition coefficient (Wildman–Crippen LogP) is 5.63. The second-order valence-corrected chi connectivity index (χ2v) is 13.4. The molecule has 1 aromatic heterocycles. The van der Waals surface area contributed by atoms with Gasteiger partial charge < -0.3 is 29.7 Å². The molecule has 8 nitrogen and oxygen atoms in total. The van der Waals surface area contributed by atoms with Crippen molar-refractivity contribution in [2.45, 2.75) is 37.3 Å². The molecule has 3 aliphatic rings. The predicted molar refractivity (Wildman–Crippen MR) is 168 cm³/mol. The third-order valence-electron chi connectivity index (χ3n) is 9.21. The van der Waals surface area contributed by atoms with E-state index in [0.29, 0.717) is 36.5 Å². The summed E-state index contributed by atoms with van der Waals surface area (Å²) in [6, 6.07) is 13.0. The molecule has 2 atom stereocenters. The summed E-state index contributed by atoms with van der Waals surface area (Å²) in [5.74, 6) is 0.0809. The van der Waals surface area contributed by atoms with E-state index in [9.17, 15) is 5.11 Å². The summed E-state index contributed by atoms with van der Waals surface area (Å²) in [6.07, 6.45) is 4.17. The summed E-state index contributed by atoms with van der Waals surface area (Å²) >= 11 is 6.91. The topological polar surface area (TPSA) is 83.0 Å². The number of rotatable bonds is 9. The molecule has 3 fully saturated rings. The number of ether oxygens (including phenoxy) is 2. The summed E-state index contributed by atoms with van der Waals surface area (Å²) < 4.78 is 28.7. The highest BCUT2D eigenvalue weighted by molar-refractivity contribution is 6.35. The Hall–Kier alpha value is -3.24. The van der Waals surface area contributed by atoms with E-state index >= 15 is 4.39 Å². The minimum atomic E-state index is -0.564. The first kappa shape index (κ1) is 28.5. The molecule has 10 heteroatoms. The number of hydrogen-bond donors (Lipinski definition) is 2. The van der Waals surface area contributed by atoms with Crippen LogP contribution in [0, 0.1) is 11.2 Å². The molecule has 2 N–H and O–H groups in total. The van der Waals surface area contributed by atoms with Gasteiger partial charge in [0.1, 0.15) is 17.1 Å². The van der Waals surface area contributed by atoms with Crippen molar-refractivity contribution in [2.24, 2.45) is 5.41 Å². The number of phenols is 1. The summed E-state index contributed by atoms with van der Waals surface area (Å²) in [5.41, 5.74) is 0.700. The van der Waals surface area contributed by atoms with Crippen LogP contribution in [0.5, 0.6) is 11.8 Å². The Bertz CT molecular complexity index is 1710. The van der Waals surface area contributed by atoms with Gasteiger partial charge in [0.05, 0.1) is 23.8 Å². The molecule has 1 saturated carbocycles. The van der Waals surface area contributed by atoms with Crippen molar-refractivity contribution < 1.29 is 19.0 Å². The summed E-state index contributed by atoms with van der Waals surface area (Å²) in [5, 5.41) is 16.6.